The van der Waals surface area contributed by atoms with Crippen LogP contribution in [-0.4, -0.2) is 15.8 Å². The molecule has 6 nitrogen and oxygen atoms in total. The molecule has 1 aromatic heterocycles. The Morgan fingerprint density at radius 2 is 2.14 bits per heavy atom. The molecule has 1 aromatic carbocycles. The van der Waals surface area contributed by atoms with Crippen LogP contribution in [-0.2, 0) is 0 Å². The van der Waals surface area contributed by atoms with E-state index in [1.54, 1.807) is 0 Å². The van der Waals surface area contributed by atoms with Gasteiger partial charge >= 0.3 is 5.69 Å². The van der Waals surface area contributed by atoms with E-state index in [1.165, 1.54) is 37.4 Å². The Morgan fingerprint density at radius 3 is 2.76 bits per heavy atom. The minimum atomic E-state index is -0.778. The molecular formula is C13H9ClFN3O3. The molecule has 1 amide bonds. The van der Waals surface area contributed by atoms with Gasteiger partial charge in [-0.3, -0.25) is 14.9 Å². The van der Waals surface area contributed by atoms with Gasteiger partial charge in [0, 0.05) is 11.9 Å². The van der Waals surface area contributed by atoms with E-state index in [2.05, 4.69) is 10.3 Å². The number of pyridine rings is 1. The molecule has 1 heterocycles. The predicted molar refractivity (Wildman–Crippen MR) is 75.0 cm³/mol. The summed E-state index contributed by atoms with van der Waals surface area (Å²) in [4.78, 5) is 25.8. The molecule has 0 spiro atoms. The normalized spacial score (nSPS) is 10.2. The minimum absolute atomic E-state index is 0.220. The first-order valence-corrected chi connectivity index (χ1v) is 6.14. The van der Waals surface area contributed by atoms with E-state index in [4.69, 9.17) is 11.6 Å². The van der Waals surface area contributed by atoms with Crippen molar-refractivity contribution in [2.75, 3.05) is 5.32 Å². The van der Waals surface area contributed by atoms with Gasteiger partial charge in [-0.15, -0.1) is 0 Å². The Morgan fingerprint density at radius 1 is 1.43 bits per heavy atom. The fourth-order valence-electron chi connectivity index (χ4n) is 1.71. The average Bonchev–Trinajstić information content (AvgIpc) is 2.42. The molecule has 0 fully saturated rings. The second kappa shape index (κ2) is 5.84. The number of aromatic nitrogens is 1. The Hall–Kier alpha value is -2.54. The standard InChI is InChI=1S/C13H9ClFN3O3/c1-7-6-8(2-3-10(7)15)17-13(19)9-4-5-16-12(14)11(9)18(20)21/h2-6H,1H3,(H,17,19). The van der Waals surface area contributed by atoms with Crippen molar-refractivity contribution >= 4 is 28.9 Å². The Kier molecular flexibility index (Phi) is 4.13. The van der Waals surface area contributed by atoms with E-state index >= 15 is 0 Å². The number of carbonyl (C=O) groups is 1. The van der Waals surface area contributed by atoms with Crippen LogP contribution in [0.3, 0.4) is 0 Å². The van der Waals surface area contributed by atoms with Crippen LogP contribution in [0.25, 0.3) is 0 Å². The fourth-order valence-corrected chi connectivity index (χ4v) is 1.93. The van der Waals surface area contributed by atoms with Gasteiger partial charge in [-0.1, -0.05) is 11.6 Å². The lowest BCUT2D eigenvalue weighted by Gasteiger charge is -2.07. The number of aryl methyl sites for hydroxylation is 1. The zero-order chi connectivity index (χ0) is 15.6. The molecule has 108 valence electrons. The number of anilines is 1. The highest BCUT2D eigenvalue weighted by Gasteiger charge is 2.24. The van der Waals surface area contributed by atoms with Crippen LogP contribution in [0.5, 0.6) is 0 Å². The summed E-state index contributed by atoms with van der Waals surface area (Å²) in [5.41, 5.74) is -0.131. The molecule has 0 unspecified atom stereocenters. The van der Waals surface area contributed by atoms with Crippen molar-refractivity contribution in [3.05, 3.63) is 62.7 Å². The Balaban J connectivity index is 2.35. The summed E-state index contributed by atoms with van der Waals surface area (Å²) in [7, 11) is 0. The largest absolute Gasteiger partial charge is 0.322 e. The maximum Gasteiger partial charge on any atom is 0.319 e. The molecule has 0 aliphatic rings. The van der Waals surface area contributed by atoms with Crippen LogP contribution in [0, 0.1) is 22.9 Å². The van der Waals surface area contributed by atoms with Crippen LogP contribution in [0.1, 0.15) is 15.9 Å². The molecule has 21 heavy (non-hydrogen) atoms. The maximum absolute atomic E-state index is 13.2. The van der Waals surface area contributed by atoms with Crippen molar-refractivity contribution in [2.24, 2.45) is 0 Å². The van der Waals surface area contributed by atoms with Crippen molar-refractivity contribution < 1.29 is 14.1 Å². The highest BCUT2D eigenvalue weighted by Crippen LogP contribution is 2.26. The quantitative estimate of drug-likeness (QED) is 0.535. The molecular weight excluding hydrogens is 301 g/mol. The summed E-state index contributed by atoms with van der Waals surface area (Å²) >= 11 is 5.64. The molecule has 0 atom stereocenters. The van der Waals surface area contributed by atoms with Crippen LogP contribution in [0.15, 0.2) is 30.5 Å². The zero-order valence-corrected chi connectivity index (χ0v) is 11.5. The number of benzene rings is 1. The lowest BCUT2D eigenvalue weighted by molar-refractivity contribution is -0.385. The lowest BCUT2D eigenvalue weighted by Crippen LogP contribution is -2.14. The molecule has 0 aliphatic carbocycles. The molecule has 2 rings (SSSR count). The highest BCUT2D eigenvalue weighted by atomic mass is 35.5. The van der Waals surface area contributed by atoms with E-state index in [9.17, 15) is 19.3 Å². The molecule has 0 saturated heterocycles. The third-order valence-electron chi connectivity index (χ3n) is 2.72. The first kappa shape index (κ1) is 14.9. The summed E-state index contributed by atoms with van der Waals surface area (Å²) in [5, 5.41) is 13.0. The Bertz CT molecular complexity index is 737. The van der Waals surface area contributed by atoms with Crippen molar-refractivity contribution in [1.29, 1.82) is 0 Å². The maximum atomic E-state index is 13.2. The SMILES string of the molecule is Cc1cc(NC(=O)c2ccnc(Cl)c2[N+](=O)[O-])ccc1F. The first-order chi connectivity index (χ1) is 9.90. The van der Waals surface area contributed by atoms with Crippen LogP contribution in [0.4, 0.5) is 15.8 Å². The number of hydrogen-bond acceptors (Lipinski definition) is 4. The third-order valence-corrected chi connectivity index (χ3v) is 3.00. The van der Waals surface area contributed by atoms with Crippen molar-refractivity contribution in [2.45, 2.75) is 6.92 Å². The third kappa shape index (κ3) is 3.14. The van der Waals surface area contributed by atoms with Gasteiger partial charge in [-0.2, -0.15) is 0 Å². The van der Waals surface area contributed by atoms with Gasteiger partial charge in [-0.25, -0.2) is 9.37 Å². The first-order valence-electron chi connectivity index (χ1n) is 5.76. The highest BCUT2D eigenvalue weighted by molar-refractivity contribution is 6.32. The monoisotopic (exact) mass is 309 g/mol. The van der Waals surface area contributed by atoms with E-state index in [0.29, 0.717) is 11.3 Å². The average molecular weight is 310 g/mol. The number of nitrogens with zero attached hydrogens (tertiary/aromatic N) is 2. The number of hydrogen-bond donors (Lipinski definition) is 1. The van der Waals surface area contributed by atoms with Gasteiger partial charge in [0.25, 0.3) is 5.91 Å². The number of amides is 1. The Labute approximate surface area is 123 Å². The predicted octanol–water partition coefficient (Wildman–Crippen LogP) is 3.34. The van der Waals surface area contributed by atoms with Crippen LogP contribution >= 0.6 is 11.6 Å². The summed E-state index contributed by atoms with van der Waals surface area (Å²) < 4.78 is 13.2. The van der Waals surface area contributed by atoms with E-state index in [-0.39, 0.29) is 10.7 Å². The van der Waals surface area contributed by atoms with Gasteiger partial charge < -0.3 is 5.32 Å². The molecule has 0 radical (unpaired) electrons. The molecule has 1 N–H and O–H groups in total. The topological polar surface area (TPSA) is 85.1 Å². The lowest BCUT2D eigenvalue weighted by atomic mass is 10.2. The number of carbonyl (C=O) groups excluding carboxylic acids is 1. The summed E-state index contributed by atoms with van der Waals surface area (Å²) in [6.45, 7) is 1.54. The number of nitrogens with one attached hydrogen (secondary N) is 1. The van der Waals surface area contributed by atoms with E-state index in [1.807, 2.05) is 0 Å². The van der Waals surface area contributed by atoms with Gasteiger partial charge in [0.2, 0.25) is 5.15 Å². The fraction of sp³-hybridized carbons (Fsp3) is 0.0769. The molecule has 0 bridgehead atoms. The van der Waals surface area contributed by atoms with Crippen molar-refractivity contribution in [3.63, 3.8) is 0 Å². The number of rotatable bonds is 3. The van der Waals surface area contributed by atoms with Crippen molar-refractivity contribution in [1.82, 2.24) is 4.98 Å². The van der Waals surface area contributed by atoms with Gasteiger partial charge in [0.05, 0.1) is 4.92 Å². The van der Waals surface area contributed by atoms with Gasteiger partial charge in [0.1, 0.15) is 11.4 Å². The van der Waals surface area contributed by atoms with Crippen LogP contribution < -0.4 is 5.32 Å². The van der Waals surface area contributed by atoms with Gasteiger partial charge in [0.15, 0.2) is 0 Å². The number of nitro groups is 1. The smallest absolute Gasteiger partial charge is 0.319 e. The molecule has 0 aliphatic heterocycles. The number of halogens is 2. The second-order valence-corrected chi connectivity index (χ2v) is 4.53. The summed E-state index contributed by atoms with van der Waals surface area (Å²) in [6, 6.07) is 5.16. The van der Waals surface area contributed by atoms with E-state index < -0.39 is 22.3 Å². The molecule has 0 saturated carbocycles. The summed E-state index contributed by atoms with van der Waals surface area (Å²) in [6.07, 6.45) is 1.19. The van der Waals surface area contributed by atoms with Crippen molar-refractivity contribution in [3.8, 4) is 0 Å². The minimum Gasteiger partial charge on any atom is -0.322 e. The molecule has 8 heteroatoms. The molecule has 2 aromatic rings. The van der Waals surface area contributed by atoms with E-state index in [0.717, 1.165) is 0 Å². The summed E-state index contributed by atoms with van der Waals surface area (Å²) in [5.74, 6) is -1.14. The second-order valence-electron chi connectivity index (χ2n) is 4.17. The van der Waals surface area contributed by atoms with Gasteiger partial charge in [-0.05, 0) is 36.8 Å². The zero-order valence-electron chi connectivity index (χ0n) is 10.8. The van der Waals surface area contributed by atoms with Crippen LogP contribution in [0.2, 0.25) is 5.15 Å².